The molecule has 0 saturated carbocycles. The molecule has 1 aliphatic carbocycles. The number of ether oxygens (including phenoxy) is 1. The lowest BCUT2D eigenvalue weighted by atomic mass is 9.77. The number of urea groups is 1. The van der Waals surface area contributed by atoms with Crippen molar-refractivity contribution in [3.05, 3.63) is 106 Å². The molecule has 3 amide bonds. The lowest BCUT2D eigenvalue weighted by molar-refractivity contribution is -0.138. The number of carbonyl (C=O) groups is 2. The molecule has 8 heteroatoms. The van der Waals surface area contributed by atoms with E-state index in [0.29, 0.717) is 23.9 Å². The van der Waals surface area contributed by atoms with Gasteiger partial charge >= 0.3 is 6.03 Å². The van der Waals surface area contributed by atoms with E-state index in [4.69, 9.17) is 4.74 Å². The molecule has 0 aromatic heterocycles. The summed E-state index contributed by atoms with van der Waals surface area (Å²) in [7, 11) is 0. The average Bonchev–Trinajstić information content (AvgIpc) is 3.79. The number of halogens is 1. The molecular formula is C34H37BrN4O3. The molecule has 1 spiro atoms. The molecule has 1 unspecified atom stereocenters. The molecule has 2 heterocycles. The van der Waals surface area contributed by atoms with Crippen LogP contribution in [0, 0.1) is 5.41 Å². The number of hydrogen-bond donors (Lipinski definition) is 2. The highest BCUT2D eigenvalue weighted by atomic mass is 79.9. The predicted octanol–water partition coefficient (Wildman–Crippen LogP) is 6.88. The van der Waals surface area contributed by atoms with Gasteiger partial charge in [-0.1, -0.05) is 70.5 Å². The SMILES string of the molecule is O=C(Nc1ccccc1OC1=CC1)NC(CCN1CCC2(CC1)CCN(Cc1ccc(Br)cc1)C2=O)c1ccccc1. The third kappa shape index (κ3) is 6.88. The second-order valence-corrected chi connectivity index (χ2v) is 12.5. The minimum absolute atomic E-state index is 0.143. The minimum Gasteiger partial charge on any atom is -0.460 e. The zero-order valence-corrected chi connectivity index (χ0v) is 25.3. The summed E-state index contributed by atoms with van der Waals surface area (Å²) in [4.78, 5) is 31.1. The maximum absolute atomic E-state index is 13.5. The van der Waals surface area contributed by atoms with Crippen molar-refractivity contribution in [2.45, 2.75) is 44.7 Å². The maximum atomic E-state index is 13.5. The first-order chi connectivity index (χ1) is 20.5. The van der Waals surface area contributed by atoms with Gasteiger partial charge in [0.05, 0.1) is 17.1 Å². The summed E-state index contributed by atoms with van der Waals surface area (Å²) < 4.78 is 6.90. The van der Waals surface area contributed by atoms with Crippen molar-refractivity contribution >= 4 is 33.6 Å². The van der Waals surface area contributed by atoms with Crippen molar-refractivity contribution in [1.29, 1.82) is 0 Å². The number of nitrogens with zero attached hydrogens (tertiary/aromatic N) is 2. The Balaban J connectivity index is 1.03. The highest BCUT2D eigenvalue weighted by Gasteiger charge is 2.47. The number of allylic oxidation sites excluding steroid dienone is 2. The van der Waals surface area contributed by atoms with E-state index in [2.05, 4.69) is 55.7 Å². The van der Waals surface area contributed by atoms with Gasteiger partial charge in [-0.05, 0) is 80.2 Å². The fourth-order valence-electron chi connectivity index (χ4n) is 6.08. The van der Waals surface area contributed by atoms with Crippen molar-refractivity contribution in [2.24, 2.45) is 5.41 Å². The quantitative estimate of drug-likeness (QED) is 0.257. The first-order valence-corrected chi connectivity index (χ1v) is 15.6. The number of piperidine rings is 1. The Labute approximate surface area is 256 Å². The molecule has 42 heavy (non-hydrogen) atoms. The van der Waals surface area contributed by atoms with Gasteiger partial charge in [-0.3, -0.25) is 4.79 Å². The zero-order chi connectivity index (χ0) is 28.9. The molecule has 3 aromatic rings. The van der Waals surface area contributed by atoms with Crippen LogP contribution in [0.25, 0.3) is 0 Å². The smallest absolute Gasteiger partial charge is 0.319 e. The Hall–Kier alpha value is -3.62. The topological polar surface area (TPSA) is 73.9 Å². The van der Waals surface area contributed by atoms with Crippen molar-refractivity contribution < 1.29 is 14.3 Å². The highest BCUT2D eigenvalue weighted by Crippen LogP contribution is 2.42. The van der Waals surface area contributed by atoms with Gasteiger partial charge in [0.25, 0.3) is 0 Å². The molecule has 7 nitrogen and oxygen atoms in total. The van der Waals surface area contributed by atoms with E-state index in [1.165, 1.54) is 5.56 Å². The molecule has 2 fully saturated rings. The van der Waals surface area contributed by atoms with Crippen LogP contribution in [0.4, 0.5) is 10.5 Å². The molecule has 218 valence electrons. The number of carbonyl (C=O) groups excluding carboxylic acids is 2. The van der Waals surface area contributed by atoms with Gasteiger partial charge in [0, 0.05) is 30.5 Å². The Morgan fingerprint density at radius 1 is 0.929 bits per heavy atom. The number of benzene rings is 3. The molecule has 0 radical (unpaired) electrons. The first kappa shape index (κ1) is 28.5. The fraction of sp³-hybridized carbons (Fsp3) is 0.353. The second kappa shape index (κ2) is 12.7. The van der Waals surface area contributed by atoms with Gasteiger partial charge in [0.1, 0.15) is 11.5 Å². The first-order valence-electron chi connectivity index (χ1n) is 14.8. The molecule has 2 aliphatic heterocycles. The fourth-order valence-corrected chi connectivity index (χ4v) is 6.35. The second-order valence-electron chi connectivity index (χ2n) is 11.5. The van der Waals surface area contributed by atoms with E-state index >= 15 is 0 Å². The largest absolute Gasteiger partial charge is 0.460 e. The molecule has 6 rings (SSSR count). The number of hydrogen-bond acceptors (Lipinski definition) is 4. The van der Waals surface area contributed by atoms with Crippen LogP contribution in [0.2, 0.25) is 0 Å². The van der Waals surface area contributed by atoms with Gasteiger partial charge in [0.15, 0.2) is 0 Å². The average molecular weight is 630 g/mol. The van der Waals surface area contributed by atoms with E-state index in [1.54, 1.807) is 0 Å². The van der Waals surface area contributed by atoms with Gasteiger partial charge in [-0.2, -0.15) is 0 Å². The predicted molar refractivity (Wildman–Crippen MR) is 168 cm³/mol. The third-order valence-corrected chi connectivity index (χ3v) is 9.22. The zero-order valence-electron chi connectivity index (χ0n) is 23.7. The molecular weight excluding hydrogens is 592 g/mol. The van der Waals surface area contributed by atoms with Crippen molar-refractivity contribution in [1.82, 2.24) is 15.1 Å². The molecule has 3 aliphatic rings. The molecule has 2 N–H and O–H groups in total. The molecule has 3 aromatic carbocycles. The van der Waals surface area contributed by atoms with Crippen LogP contribution in [-0.4, -0.2) is 47.9 Å². The van der Waals surface area contributed by atoms with Gasteiger partial charge in [-0.25, -0.2) is 4.79 Å². The van der Waals surface area contributed by atoms with Gasteiger partial charge in [0.2, 0.25) is 5.91 Å². The van der Waals surface area contributed by atoms with E-state index in [0.717, 1.165) is 74.1 Å². The minimum atomic E-state index is -0.260. The van der Waals surface area contributed by atoms with E-state index in [9.17, 15) is 9.59 Å². The van der Waals surface area contributed by atoms with Crippen LogP contribution in [0.15, 0.2) is 95.2 Å². The number of anilines is 1. The Morgan fingerprint density at radius 2 is 1.62 bits per heavy atom. The number of rotatable bonds is 10. The molecule has 2 saturated heterocycles. The Bertz CT molecular complexity index is 1430. The number of para-hydroxylation sites is 2. The summed E-state index contributed by atoms with van der Waals surface area (Å²) in [6.45, 7) is 4.15. The normalized spacial score (nSPS) is 18.5. The van der Waals surface area contributed by atoms with Crippen LogP contribution in [0.1, 0.15) is 49.3 Å². The summed E-state index contributed by atoms with van der Waals surface area (Å²) in [5.74, 6) is 1.88. The van der Waals surface area contributed by atoms with Crippen molar-refractivity contribution in [3.8, 4) is 5.75 Å². The monoisotopic (exact) mass is 628 g/mol. The van der Waals surface area contributed by atoms with E-state index < -0.39 is 0 Å². The number of amides is 3. The Kier molecular flexibility index (Phi) is 8.63. The highest BCUT2D eigenvalue weighted by molar-refractivity contribution is 9.10. The lowest BCUT2D eigenvalue weighted by Gasteiger charge is -2.38. The van der Waals surface area contributed by atoms with Gasteiger partial charge in [-0.15, -0.1) is 0 Å². The van der Waals surface area contributed by atoms with Crippen LogP contribution in [-0.2, 0) is 11.3 Å². The van der Waals surface area contributed by atoms with Crippen LogP contribution >= 0.6 is 15.9 Å². The van der Waals surface area contributed by atoms with Crippen molar-refractivity contribution in [3.63, 3.8) is 0 Å². The summed E-state index contributed by atoms with van der Waals surface area (Å²) in [6, 6.07) is 25.4. The maximum Gasteiger partial charge on any atom is 0.319 e. The summed E-state index contributed by atoms with van der Waals surface area (Å²) in [5, 5.41) is 6.18. The van der Waals surface area contributed by atoms with Crippen molar-refractivity contribution in [2.75, 3.05) is 31.5 Å². The molecule has 0 bridgehead atoms. The lowest BCUT2D eigenvalue weighted by Crippen LogP contribution is -2.45. The van der Waals surface area contributed by atoms with Gasteiger partial charge < -0.3 is 25.2 Å². The summed E-state index contributed by atoms with van der Waals surface area (Å²) >= 11 is 3.49. The number of nitrogens with one attached hydrogen (secondary N) is 2. The Morgan fingerprint density at radius 3 is 2.36 bits per heavy atom. The third-order valence-electron chi connectivity index (χ3n) is 8.69. The van der Waals surface area contributed by atoms with E-state index in [1.807, 2.05) is 65.6 Å². The van der Waals surface area contributed by atoms with E-state index in [-0.39, 0.29) is 17.5 Å². The van der Waals surface area contributed by atoms with Crippen LogP contribution < -0.4 is 15.4 Å². The molecule has 1 atom stereocenters. The standard InChI is InChI=1S/C34H37BrN4O3/c35-27-12-10-25(11-13-27)24-39-23-19-34(32(39)40)17-21-38(22-18-34)20-16-29(26-6-2-1-3-7-26)36-33(41)37-30-8-4-5-9-31(30)42-28-14-15-28/h1-14,29H,15-24H2,(H2,36,37,41). The summed E-state index contributed by atoms with van der Waals surface area (Å²) in [6.07, 6.45) is 6.35. The van der Waals surface area contributed by atoms with Crippen LogP contribution in [0.5, 0.6) is 5.75 Å². The van der Waals surface area contributed by atoms with Crippen LogP contribution in [0.3, 0.4) is 0 Å². The number of likely N-dealkylation sites (tertiary alicyclic amines) is 2. The summed E-state index contributed by atoms with van der Waals surface area (Å²) in [5.41, 5.74) is 2.66.